The lowest BCUT2D eigenvalue weighted by Gasteiger charge is -2.10. The Morgan fingerprint density at radius 3 is 2.70 bits per heavy atom. The molecule has 2 heterocycles. The molecule has 0 aliphatic heterocycles. The quantitative estimate of drug-likeness (QED) is 0.643. The summed E-state index contributed by atoms with van der Waals surface area (Å²) in [6.07, 6.45) is 2.97. The molecule has 0 saturated heterocycles. The molecule has 1 aromatic carbocycles. The maximum absolute atomic E-state index is 12.1. The minimum absolute atomic E-state index is 0.0207. The molecule has 0 saturated carbocycles. The molecule has 5 nitrogen and oxygen atoms in total. The van der Waals surface area contributed by atoms with Gasteiger partial charge in [0.1, 0.15) is 10.8 Å². The molecule has 0 unspecified atom stereocenters. The van der Waals surface area contributed by atoms with E-state index >= 15 is 0 Å². The molecule has 140 valence electrons. The number of rotatable bonds is 8. The topological polar surface area (TPSA) is 64.1 Å². The van der Waals surface area contributed by atoms with E-state index in [4.69, 9.17) is 4.74 Å². The van der Waals surface area contributed by atoms with Gasteiger partial charge in [-0.1, -0.05) is 18.2 Å². The largest absolute Gasteiger partial charge is 0.491 e. The van der Waals surface area contributed by atoms with Crippen LogP contribution in [0.1, 0.15) is 25.1 Å². The zero-order chi connectivity index (χ0) is 19.1. The maximum atomic E-state index is 12.1. The number of ether oxygens (including phenoxy) is 1. The Morgan fingerprint density at radius 2 is 2.00 bits per heavy atom. The van der Waals surface area contributed by atoms with Gasteiger partial charge in [-0.05, 0) is 50.1 Å². The van der Waals surface area contributed by atoms with Crippen molar-refractivity contribution in [2.75, 3.05) is 6.54 Å². The molecule has 0 radical (unpaired) electrons. The number of amides is 1. The van der Waals surface area contributed by atoms with Crippen molar-refractivity contribution in [2.24, 2.45) is 0 Å². The minimum atomic E-state index is -0.0207. The summed E-state index contributed by atoms with van der Waals surface area (Å²) in [5.74, 6) is 0.845. The Balaban J connectivity index is 1.44. The Bertz CT molecular complexity index is 861. The van der Waals surface area contributed by atoms with Crippen LogP contribution in [0.15, 0.2) is 54.0 Å². The highest BCUT2D eigenvalue weighted by atomic mass is 32.1. The van der Waals surface area contributed by atoms with Crippen LogP contribution in [0.2, 0.25) is 0 Å². The van der Waals surface area contributed by atoms with Gasteiger partial charge in [0.15, 0.2) is 0 Å². The SMILES string of the molecule is CC(C)Oc1ccc(CCNC(=O)Cc2csc(-c3ccccn3)n2)cc1. The predicted octanol–water partition coefficient (Wildman–Crippen LogP) is 3.89. The summed E-state index contributed by atoms with van der Waals surface area (Å²) >= 11 is 1.51. The number of thiazole rings is 1. The first-order valence-electron chi connectivity index (χ1n) is 8.98. The van der Waals surface area contributed by atoms with Crippen LogP contribution in [-0.4, -0.2) is 28.5 Å². The molecule has 0 aliphatic carbocycles. The van der Waals surface area contributed by atoms with Crippen LogP contribution < -0.4 is 10.1 Å². The molecule has 0 atom stereocenters. The molecular weight excluding hydrogens is 358 g/mol. The third kappa shape index (κ3) is 5.89. The van der Waals surface area contributed by atoms with Gasteiger partial charge in [0.05, 0.1) is 23.9 Å². The summed E-state index contributed by atoms with van der Waals surface area (Å²) in [5.41, 5.74) is 2.77. The van der Waals surface area contributed by atoms with E-state index in [2.05, 4.69) is 15.3 Å². The van der Waals surface area contributed by atoms with Crippen LogP contribution in [0.5, 0.6) is 5.75 Å². The van der Waals surface area contributed by atoms with Gasteiger partial charge in [-0.25, -0.2) is 4.98 Å². The number of nitrogens with zero attached hydrogens (tertiary/aromatic N) is 2. The molecule has 1 amide bonds. The van der Waals surface area contributed by atoms with Gasteiger partial charge >= 0.3 is 0 Å². The van der Waals surface area contributed by atoms with Crippen molar-refractivity contribution < 1.29 is 9.53 Å². The van der Waals surface area contributed by atoms with Crippen LogP contribution in [0.4, 0.5) is 0 Å². The monoisotopic (exact) mass is 381 g/mol. The smallest absolute Gasteiger partial charge is 0.226 e. The second-order valence-electron chi connectivity index (χ2n) is 6.45. The first kappa shape index (κ1) is 19.0. The van der Waals surface area contributed by atoms with Crippen molar-refractivity contribution in [3.63, 3.8) is 0 Å². The van der Waals surface area contributed by atoms with Crippen LogP contribution in [-0.2, 0) is 17.6 Å². The Morgan fingerprint density at radius 1 is 1.19 bits per heavy atom. The van der Waals surface area contributed by atoms with Gasteiger partial charge in [-0.2, -0.15) is 0 Å². The molecule has 0 bridgehead atoms. The van der Waals surface area contributed by atoms with E-state index in [0.717, 1.165) is 34.1 Å². The van der Waals surface area contributed by atoms with Gasteiger partial charge < -0.3 is 10.1 Å². The maximum Gasteiger partial charge on any atom is 0.226 e. The number of hydrogen-bond donors (Lipinski definition) is 1. The molecule has 3 aromatic rings. The highest BCUT2D eigenvalue weighted by molar-refractivity contribution is 7.13. The normalized spacial score (nSPS) is 10.8. The lowest BCUT2D eigenvalue weighted by atomic mass is 10.1. The lowest BCUT2D eigenvalue weighted by molar-refractivity contribution is -0.120. The number of benzene rings is 1. The van der Waals surface area contributed by atoms with Gasteiger partial charge in [0, 0.05) is 18.1 Å². The molecule has 0 aliphatic rings. The molecule has 0 fully saturated rings. The van der Waals surface area contributed by atoms with E-state index in [1.807, 2.05) is 61.7 Å². The lowest BCUT2D eigenvalue weighted by Crippen LogP contribution is -2.27. The summed E-state index contributed by atoms with van der Waals surface area (Å²) in [5, 5.41) is 5.70. The van der Waals surface area contributed by atoms with Gasteiger partial charge in [-0.15, -0.1) is 11.3 Å². The van der Waals surface area contributed by atoms with E-state index in [1.165, 1.54) is 11.3 Å². The van der Waals surface area contributed by atoms with Crippen molar-refractivity contribution in [1.29, 1.82) is 0 Å². The molecular formula is C21H23N3O2S. The number of nitrogens with one attached hydrogen (secondary N) is 1. The fraction of sp³-hybridized carbons (Fsp3) is 0.286. The Kier molecular flexibility index (Phi) is 6.54. The summed E-state index contributed by atoms with van der Waals surface area (Å²) < 4.78 is 5.63. The standard InChI is InChI=1S/C21H23N3O2S/c1-15(2)26-18-8-6-16(7-9-18)10-12-23-20(25)13-17-14-27-21(24-17)19-5-3-4-11-22-19/h3-9,11,14-15H,10,12-13H2,1-2H3,(H,23,25). The first-order chi connectivity index (χ1) is 13.1. The predicted molar refractivity (Wildman–Crippen MR) is 108 cm³/mol. The zero-order valence-corrected chi connectivity index (χ0v) is 16.3. The van der Waals surface area contributed by atoms with E-state index in [1.54, 1.807) is 6.20 Å². The number of aromatic nitrogens is 2. The fourth-order valence-corrected chi connectivity index (χ4v) is 3.37. The van der Waals surface area contributed by atoms with E-state index < -0.39 is 0 Å². The molecule has 1 N–H and O–H groups in total. The zero-order valence-electron chi connectivity index (χ0n) is 15.5. The fourth-order valence-electron chi connectivity index (χ4n) is 2.58. The van der Waals surface area contributed by atoms with E-state index in [9.17, 15) is 4.79 Å². The van der Waals surface area contributed by atoms with Crippen molar-refractivity contribution in [1.82, 2.24) is 15.3 Å². The number of hydrogen-bond acceptors (Lipinski definition) is 5. The summed E-state index contributed by atoms with van der Waals surface area (Å²) in [4.78, 5) is 20.9. The molecule has 2 aromatic heterocycles. The average Bonchev–Trinajstić information content (AvgIpc) is 3.12. The Labute approximate surface area is 163 Å². The summed E-state index contributed by atoms with van der Waals surface area (Å²) in [7, 11) is 0. The van der Waals surface area contributed by atoms with Crippen molar-refractivity contribution >= 4 is 17.2 Å². The third-order valence-electron chi connectivity index (χ3n) is 3.81. The molecule has 0 spiro atoms. The van der Waals surface area contributed by atoms with Crippen LogP contribution in [0.3, 0.4) is 0 Å². The summed E-state index contributed by atoms with van der Waals surface area (Å²) in [6.45, 7) is 4.61. The third-order valence-corrected chi connectivity index (χ3v) is 4.72. The van der Waals surface area contributed by atoms with Crippen LogP contribution in [0.25, 0.3) is 10.7 Å². The average molecular weight is 382 g/mol. The van der Waals surface area contributed by atoms with Crippen LogP contribution in [0, 0.1) is 0 Å². The second kappa shape index (κ2) is 9.28. The Hall–Kier alpha value is -2.73. The van der Waals surface area contributed by atoms with Crippen LogP contribution >= 0.6 is 11.3 Å². The van der Waals surface area contributed by atoms with Gasteiger partial charge in [0.25, 0.3) is 0 Å². The van der Waals surface area contributed by atoms with Crippen molar-refractivity contribution in [3.8, 4) is 16.5 Å². The molecule has 3 rings (SSSR count). The molecule has 6 heteroatoms. The second-order valence-corrected chi connectivity index (χ2v) is 7.30. The van der Waals surface area contributed by atoms with E-state index in [-0.39, 0.29) is 18.4 Å². The van der Waals surface area contributed by atoms with Crippen molar-refractivity contribution in [3.05, 3.63) is 65.3 Å². The summed E-state index contributed by atoms with van der Waals surface area (Å²) in [6, 6.07) is 13.7. The van der Waals surface area contributed by atoms with Gasteiger partial charge in [0.2, 0.25) is 5.91 Å². The highest BCUT2D eigenvalue weighted by Gasteiger charge is 2.09. The number of carbonyl (C=O) groups is 1. The molecule has 27 heavy (non-hydrogen) atoms. The first-order valence-corrected chi connectivity index (χ1v) is 9.86. The van der Waals surface area contributed by atoms with Crippen molar-refractivity contribution in [2.45, 2.75) is 32.8 Å². The van der Waals surface area contributed by atoms with Gasteiger partial charge in [-0.3, -0.25) is 9.78 Å². The number of carbonyl (C=O) groups excluding carboxylic acids is 1. The number of pyridine rings is 1. The highest BCUT2D eigenvalue weighted by Crippen LogP contribution is 2.21. The minimum Gasteiger partial charge on any atom is -0.491 e. The van der Waals surface area contributed by atoms with E-state index in [0.29, 0.717) is 6.54 Å².